The van der Waals surface area contributed by atoms with E-state index in [0.717, 1.165) is 29.5 Å². The molecule has 1 aromatic heterocycles. The third-order valence-corrected chi connectivity index (χ3v) is 5.00. The minimum Gasteiger partial charge on any atom is -0.356 e. The Labute approximate surface area is 113 Å². The van der Waals surface area contributed by atoms with Crippen molar-refractivity contribution in [1.82, 2.24) is 10.1 Å². The molecule has 3 aliphatic rings. The molecule has 5 rings (SSSR count). The van der Waals surface area contributed by atoms with Crippen LogP contribution < -0.4 is 0 Å². The van der Waals surface area contributed by atoms with Crippen LogP contribution in [-0.4, -0.2) is 29.7 Å². The lowest BCUT2D eigenvalue weighted by atomic mass is 9.77. The van der Waals surface area contributed by atoms with E-state index in [4.69, 9.17) is 4.52 Å². The Hall–Kier alpha value is -1.35. The second-order valence-corrected chi connectivity index (χ2v) is 6.06. The zero-order valence-electron chi connectivity index (χ0n) is 11.2. The van der Waals surface area contributed by atoms with Crippen molar-refractivity contribution in [2.45, 2.75) is 25.7 Å². The van der Waals surface area contributed by atoms with E-state index >= 15 is 0 Å². The highest BCUT2D eigenvalue weighted by Crippen LogP contribution is 2.35. The first-order valence-corrected chi connectivity index (χ1v) is 7.46. The molecule has 3 fully saturated rings. The van der Waals surface area contributed by atoms with E-state index in [1.807, 2.05) is 12.1 Å². The van der Waals surface area contributed by atoms with Crippen LogP contribution in [0, 0.1) is 11.8 Å². The first kappa shape index (κ1) is 11.5. The van der Waals surface area contributed by atoms with Crippen molar-refractivity contribution < 1.29 is 4.52 Å². The summed E-state index contributed by atoms with van der Waals surface area (Å²) < 4.78 is 5.39. The van der Waals surface area contributed by atoms with E-state index in [9.17, 15) is 0 Å². The average Bonchev–Trinajstić information content (AvgIpc) is 2.90. The van der Waals surface area contributed by atoms with Gasteiger partial charge in [0, 0.05) is 11.9 Å². The number of piperidine rings is 3. The van der Waals surface area contributed by atoms with Crippen molar-refractivity contribution in [2.75, 3.05) is 19.6 Å². The minimum absolute atomic E-state index is 0.873. The fourth-order valence-electron chi connectivity index (χ4n) is 3.86. The molecule has 2 aromatic rings. The van der Waals surface area contributed by atoms with E-state index in [1.165, 1.54) is 44.3 Å². The van der Waals surface area contributed by atoms with Gasteiger partial charge in [0.05, 0.1) is 5.69 Å². The molecular formula is C16H20N2O. The summed E-state index contributed by atoms with van der Waals surface area (Å²) in [6, 6.07) is 8.19. The molecule has 0 radical (unpaired) electrons. The molecule has 100 valence electrons. The molecule has 1 aromatic carbocycles. The summed E-state index contributed by atoms with van der Waals surface area (Å²) in [5.74, 6) is 1.83. The number of rotatable bonds is 3. The Morgan fingerprint density at radius 2 is 2.05 bits per heavy atom. The van der Waals surface area contributed by atoms with Crippen LogP contribution in [0.5, 0.6) is 0 Å². The zero-order valence-corrected chi connectivity index (χ0v) is 11.2. The predicted molar refractivity (Wildman–Crippen MR) is 75.0 cm³/mol. The molecule has 3 nitrogen and oxygen atoms in total. The maximum absolute atomic E-state index is 5.39. The molecule has 3 heteroatoms. The van der Waals surface area contributed by atoms with E-state index in [0.29, 0.717) is 0 Å². The number of aryl methyl sites for hydroxylation is 1. The Kier molecular flexibility index (Phi) is 2.80. The van der Waals surface area contributed by atoms with Gasteiger partial charge in [-0.1, -0.05) is 17.3 Å². The van der Waals surface area contributed by atoms with Crippen LogP contribution in [0.25, 0.3) is 11.0 Å². The molecule has 2 bridgehead atoms. The van der Waals surface area contributed by atoms with Gasteiger partial charge in [-0.25, -0.2) is 0 Å². The molecule has 0 N–H and O–H groups in total. The van der Waals surface area contributed by atoms with Gasteiger partial charge in [-0.3, -0.25) is 0 Å². The highest BCUT2D eigenvalue weighted by molar-refractivity contribution is 5.79. The maximum Gasteiger partial charge on any atom is 0.167 e. The van der Waals surface area contributed by atoms with Crippen LogP contribution in [-0.2, 0) is 6.42 Å². The number of aromatic nitrogens is 1. The number of para-hydroxylation sites is 1. The van der Waals surface area contributed by atoms with E-state index < -0.39 is 0 Å². The Balaban J connectivity index is 1.47. The van der Waals surface area contributed by atoms with Crippen LogP contribution in [0.15, 0.2) is 28.8 Å². The van der Waals surface area contributed by atoms with Crippen molar-refractivity contribution in [2.24, 2.45) is 11.8 Å². The van der Waals surface area contributed by atoms with Crippen LogP contribution in [0.2, 0.25) is 0 Å². The lowest BCUT2D eigenvalue weighted by Gasteiger charge is -2.45. The first-order valence-electron chi connectivity index (χ1n) is 7.46. The van der Waals surface area contributed by atoms with E-state index in [1.54, 1.807) is 0 Å². The third-order valence-electron chi connectivity index (χ3n) is 5.00. The summed E-state index contributed by atoms with van der Waals surface area (Å²) in [6.45, 7) is 3.96. The maximum atomic E-state index is 5.39. The summed E-state index contributed by atoms with van der Waals surface area (Å²) in [7, 11) is 0. The number of nitrogens with zero attached hydrogens (tertiary/aromatic N) is 2. The molecule has 3 aliphatic heterocycles. The fraction of sp³-hybridized carbons (Fsp3) is 0.562. The van der Waals surface area contributed by atoms with Crippen molar-refractivity contribution in [3.63, 3.8) is 0 Å². The molecule has 1 unspecified atom stereocenters. The Morgan fingerprint density at radius 1 is 1.21 bits per heavy atom. The zero-order chi connectivity index (χ0) is 12.7. The van der Waals surface area contributed by atoms with Gasteiger partial charge in [0.2, 0.25) is 0 Å². The molecule has 0 amide bonds. The van der Waals surface area contributed by atoms with Crippen molar-refractivity contribution in [3.05, 3.63) is 30.0 Å². The summed E-state index contributed by atoms with van der Waals surface area (Å²) >= 11 is 0. The SMILES string of the molecule is c1ccc2c(CCC3CN4CCC3CC4)noc2c1. The topological polar surface area (TPSA) is 29.3 Å². The van der Waals surface area contributed by atoms with Crippen molar-refractivity contribution in [1.29, 1.82) is 0 Å². The van der Waals surface area contributed by atoms with Gasteiger partial charge in [0.25, 0.3) is 0 Å². The molecule has 1 atom stereocenters. The lowest BCUT2D eigenvalue weighted by molar-refractivity contribution is 0.0468. The largest absolute Gasteiger partial charge is 0.356 e. The van der Waals surface area contributed by atoms with Crippen molar-refractivity contribution >= 4 is 11.0 Å². The second kappa shape index (κ2) is 4.64. The molecule has 0 aliphatic carbocycles. The highest BCUT2D eigenvalue weighted by Gasteiger charge is 2.33. The van der Waals surface area contributed by atoms with Crippen LogP contribution in [0.4, 0.5) is 0 Å². The molecule has 0 spiro atoms. The normalized spacial score (nSPS) is 30.0. The van der Waals surface area contributed by atoms with Gasteiger partial charge in [-0.15, -0.1) is 0 Å². The predicted octanol–water partition coefficient (Wildman–Crippen LogP) is 3.10. The molecule has 0 saturated carbocycles. The smallest absolute Gasteiger partial charge is 0.167 e. The third kappa shape index (κ3) is 2.06. The quantitative estimate of drug-likeness (QED) is 0.845. The summed E-state index contributed by atoms with van der Waals surface area (Å²) in [5.41, 5.74) is 2.07. The second-order valence-electron chi connectivity index (χ2n) is 6.06. The lowest BCUT2D eigenvalue weighted by Crippen LogP contribution is -2.47. The van der Waals surface area contributed by atoms with Gasteiger partial charge in [0.15, 0.2) is 5.58 Å². The summed E-state index contributed by atoms with van der Waals surface area (Å²) in [5, 5.41) is 5.45. The van der Waals surface area contributed by atoms with Crippen LogP contribution in [0.3, 0.4) is 0 Å². The van der Waals surface area contributed by atoms with Crippen LogP contribution >= 0.6 is 0 Å². The van der Waals surface area contributed by atoms with E-state index in [2.05, 4.69) is 22.2 Å². The van der Waals surface area contributed by atoms with Gasteiger partial charge >= 0.3 is 0 Å². The number of benzene rings is 1. The Morgan fingerprint density at radius 3 is 2.84 bits per heavy atom. The molecule has 3 saturated heterocycles. The van der Waals surface area contributed by atoms with Gasteiger partial charge < -0.3 is 9.42 Å². The number of hydrogen-bond acceptors (Lipinski definition) is 3. The summed E-state index contributed by atoms with van der Waals surface area (Å²) in [4.78, 5) is 2.63. The van der Waals surface area contributed by atoms with Gasteiger partial charge in [-0.2, -0.15) is 0 Å². The monoisotopic (exact) mass is 256 g/mol. The minimum atomic E-state index is 0.873. The fourth-order valence-corrected chi connectivity index (χ4v) is 3.86. The Bertz CT molecular complexity index is 569. The van der Waals surface area contributed by atoms with E-state index in [-0.39, 0.29) is 0 Å². The van der Waals surface area contributed by atoms with Gasteiger partial charge in [0.1, 0.15) is 0 Å². The average molecular weight is 256 g/mol. The molecule has 4 heterocycles. The molecular weight excluding hydrogens is 236 g/mol. The first-order chi connectivity index (χ1) is 9.40. The van der Waals surface area contributed by atoms with Crippen molar-refractivity contribution in [3.8, 4) is 0 Å². The molecule has 19 heavy (non-hydrogen) atoms. The van der Waals surface area contributed by atoms with Gasteiger partial charge in [-0.05, 0) is 62.7 Å². The highest BCUT2D eigenvalue weighted by atomic mass is 16.5. The standard InChI is InChI=1S/C16H20N2O/c1-2-4-16-14(3-1)15(17-19-16)6-5-13-11-18-9-7-12(13)8-10-18/h1-4,12-13H,5-11H2. The number of hydrogen-bond donors (Lipinski definition) is 0. The van der Waals surface area contributed by atoms with Crippen LogP contribution in [0.1, 0.15) is 25.0 Å². The summed E-state index contributed by atoms with van der Waals surface area (Å²) in [6.07, 6.45) is 5.14. The number of fused-ring (bicyclic) bond motifs is 4.